The van der Waals surface area contributed by atoms with Gasteiger partial charge in [-0.25, -0.2) is 0 Å². The summed E-state index contributed by atoms with van der Waals surface area (Å²) in [6, 6.07) is 10.1. The van der Waals surface area contributed by atoms with Crippen LogP contribution in [0, 0.1) is 10.1 Å². The van der Waals surface area contributed by atoms with Gasteiger partial charge in [-0.15, -0.1) is 0 Å². The van der Waals surface area contributed by atoms with Crippen molar-refractivity contribution in [2.75, 3.05) is 14.1 Å². The fraction of sp³-hybridized carbons (Fsp3) is 0.231. The van der Waals surface area contributed by atoms with Gasteiger partial charge in [0.15, 0.2) is 0 Å². The molecule has 0 aliphatic rings. The van der Waals surface area contributed by atoms with Crippen molar-refractivity contribution in [2.45, 2.75) is 6.54 Å². The Bertz CT molecular complexity index is 544. The fourth-order valence-electron chi connectivity index (χ4n) is 1.68. The highest BCUT2D eigenvalue weighted by molar-refractivity contribution is 5.59. The number of benzene rings is 1. The zero-order valence-corrected chi connectivity index (χ0v) is 10.3. The van der Waals surface area contributed by atoms with Crippen LogP contribution in [0.3, 0.4) is 0 Å². The summed E-state index contributed by atoms with van der Waals surface area (Å²) in [7, 11) is 3.93. The summed E-state index contributed by atoms with van der Waals surface area (Å²) in [6.45, 7) is 0.729. The second kappa shape index (κ2) is 5.01. The molecule has 0 radical (unpaired) electrons. The molecule has 2 rings (SSSR count). The van der Waals surface area contributed by atoms with E-state index in [4.69, 9.17) is 4.42 Å². The van der Waals surface area contributed by atoms with Crippen LogP contribution in [0.2, 0.25) is 0 Å². The predicted molar refractivity (Wildman–Crippen MR) is 68.2 cm³/mol. The lowest BCUT2D eigenvalue weighted by Crippen LogP contribution is -2.09. The van der Waals surface area contributed by atoms with Gasteiger partial charge in [0.05, 0.1) is 11.5 Å². The first-order valence-electron chi connectivity index (χ1n) is 5.54. The monoisotopic (exact) mass is 246 g/mol. The topological polar surface area (TPSA) is 59.5 Å². The Kier molecular flexibility index (Phi) is 3.43. The highest BCUT2D eigenvalue weighted by Gasteiger charge is 2.08. The molecule has 94 valence electrons. The molecule has 0 N–H and O–H groups in total. The Morgan fingerprint density at radius 1 is 1.17 bits per heavy atom. The van der Waals surface area contributed by atoms with Crippen LogP contribution in [0.4, 0.5) is 5.69 Å². The first kappa shape index (κ1) is 12.3. The van der Waals surface area contributed by atoms with E-state index >= 15 is 0 Å². The predicted octanol–water partition coefficient (Wildman–Crippen LogP) is 2.92. The maximum Gasteiger partial charge on any atom is 0.269 e. The first-order valence-corrected chi connectivity index (χ1v) is 5.54. The molecule has 1 heterocycles. The van der Waals surface area contributed by atoms with Crippen LogP contribution in [0.5, 0.6) is 0 Å². The quantitative estimate of drug-likeness (QED) is 0.614. The average Bonchev–Trinajstić information content (AvgIpc) is 2.76. The SMILES string of the molecule is CN(C)Cc1ccc(-c2ccc([N+](=O)[O-])cc2)o1. The molecular weight excluding hydrogens is 232 g/mol. The molecule has 2 aromatic rings. The van der Waals surface area contributed by atoms with E-state index < -0.39 is 4.92 Å². The number of furan rings is 1. The molecular formula is C13H14N2O3. The summed E-state index contributed by atoms with van der Waals surface area (Å²) < 4.78 is 5.67. The molecule has 0 saturated heterocycles. The van der Waals surface area contributed by atoms with Gasteiger partial charge in [-0.05, 0) is 38.4 Å². The highest BCUT2D eigenvalue weighted by atomic mass is 16.6. The van der Waals surface area contributed by atoms with Crippen molar-refractivity contribution in [2.24, 2.45) is 0 Å². The minimum Gasteiger partial charge on any atom is -0.460 e. The summed E-state index contributed by atoms with van der Waals surface area (Å²) in [6.07, 6.45) is 0. The van der Waals surface area contributed by atoms with E-state index in [0.717, 1.165) is 23.6 Å². The molecule has 0 spiro atoms. The van der Waals surface area contributed by atoms with Crippen molar-refractivity contribution < 1.29 is 9.34 Å². The number of hydrogen-bond donors (Lipinski definition) is 0. The zero-order chi connectivity index (χ0) is 13.1. The first-order chi connectivity index (χ1) is 8.56. The number of hydrogen-bond acceptors (Lipinski definition) is 4. The molecule has 1 aromatic carbocycles. The molecule has 18 heavy (non-hydrogen) atoms. The third kappa shape index (κ3) is 2.75. The zero-order valence-electron chi connectivity index (χ0n) is 10.3. The van der Waals surface area contributed by atoms with E-state index in [2.05, 4.69) is 0 Å². The van der Waals surface area contributed by atoms with Crippen LogP contribution in [-0.2, 0) is 6.54 Å². The van der Waals surface area contributed by atoms with E-state index in [0.29, 0.717) is 0 Å². The van der Waals surface area contributed by atoms with Gasteiger partial charge >= 0.3 is 0 Å². The Labute approximate surface area is 105 Å². The summed E-state index contributed by atoms with van der Waals surface area (Å²) >= 11 is 0. The van der Waals surface area contributed by atoms with E-state index in [9.17, 15) is 10.1 Å². The van der Waals surface area contributed by atoms with Crippen LogP contribution in [0.25, 0.3) is 11.3 Å². The Balaban J connectivity index is 2.20. The average molecular weight is 246 g/mol. The van der Waals surface area contributed by atoms with Gasteiger partial charge in [0.1, 0.15) is 11.5 Å². The van der Waals surface area contributed by atoms with Gasteiger partial charge in [-0.3, -0.25) is 10.1 Å². The third-order valence-electron chi connectivity index (χ3n) is 2.50. The normalized spacial score (nSPS) is 10.8. The smallest absolute Gasteiger partial charge is 0.269 e. The summed E-state index contributed by atoms with van der Waals surface area (Å²) in [4.78, 5) is 12.1. The lowest BCUT2D eigenvalue weighted by atomic mass is 10.1. The van der Waals surface area contributed by atoms with Crippen molar-refractivity contribution in [3.8, 4) is 11.3 Å². The third-order valence-corrected chi connectivity index (χ3v) is 2.50. The van der Waals surface area contributed by atoms with Crippen LogP contribution in [-0.4, -0.2) is 23.9 Å². The second-order valence-electron chi connectivity index (χ2n) is 4.31. The number of nitro benzene ring substituents is 1. The molecule has 0 fully saturated rings. The minimum atomic E-state index is -0.413. The lowest BCUT2D eigenvalue weighted by Gasteiger charge is -2.05. The highest BCUT2D eigenvalue weighted by Crippen LogP contribution is 2.24. The number of non-ortho nitro benzene ring substituents is 1. The number of nitrogens with zero attached hydrogens (tertiary/aromatic N) is 2. The van der Waals surface area contributed by atoms with E-state index in [1.807, 2.05) is 31.1 Å². The molecule has 0 bridgehead atoms. The van der Waals surface area contributed by atoms with Crippen LogP contribution in [0.1, 0.15) is 5.76 Å². The van der Waals surface area contributed by atoms with Gasteiger partial charge in [0, 0.05) is 17.7 Å². The van der Waals surface area contributed by atoms with E-state index in [1.165, 1.54) is 12.1 Å². The van der Waals surface area contributed by atoms with Crippen molar-refractivity contribution in [3.05, 3.63) is 52.3 Å². The van der Waals surface area contributed by atoms with Crippen LogP contribution < -0.4 is 0 Å². The maximum absolute atomic E-state index is 10.6. The van der Waals surface area contributed by atoms with Gasteiger partial charge in [0.2, 0.25) is 0 Å². The summed E-state index contributed by atoms with van der Waals surface area (Å²) in [5, 5.41) is 10.6. The maximum atomic E-state index is 10.6. The second-order valence-corrected chi connectivity index (χ2v) is 4.31. The molecule has 0 atom stereocenters. The van der Waals surface area contributed by atoms with Gasteiger partial charge < -0.3 is 9.32 Å². The van der Waals surface area contributed by atoms with Gasteiger partial charge in [-0.1, -0.05) is 0 Å². The van der Waals surface area contributed by atoms with Crippen molar-refractivity contribution in [1.82, 2.24) is 4.90 Å². The van der Waals surface area contributed by atoms with Crippen LogP contribution >= 0.6 is 0 Å². The Morgan fingerprint density at radius 3 is 2.39 bits per heavy atom. The number of rotatable bonds is 4. The van der Waals surface area contributed by atoms with Crippen molar-refractivity contribution in [1.29, 1.82) is 0 Å². The molecule has 0 unspecified atom stereocenters. The van der Waals surface area contributed by atoms with Crippen LogP contribution in [0.15, 0.2) is 40.8 Å². The molecule has 5 heteroatoms. The molecule has 1 aromatic heterocycles. The number of nitro groups is 1. The Hall–Kier alpha value is -2.14. The molecule has 0 amide bonds. The standard InChI is InChI=1S/C13H14N2O3/c1-14(2)9-12-7-8-13(18-12)10-3-5-11(6-4-10)15(16)17/h3-8H,9H2,1-2H3. The van der Waals surface area contributed by atoms with Crippen molar-refractivity contribution in [3.63, 3.8) is 0 Å². The van der Waals surface area contributed by atoms with Gasteiger partial charge in [0.25, 0.3) is 5.69 Å². The largest absolute Gasteiger partial charge is 0.460 e. The van der Waals surface area contributed by atoms with E-state index in [1.54, 1.807) is 12.1 Å². The Morgan fingerprint density at radius 2 is 1.83 bits per heavy atom. The molecule has 0 aliphatic heterocycles. The lowest BCUT2D eigenvalue weighted by molar-refractivity contribution is -0.384. The minimum absolute atomic E-state index is 0.0822. The molecule has 0 saturated carbocycles. The summed E-state index contributed by atoms with van der Waals surface area (Å²) in [5.41, 5.74) is 0.921. The van der Waals surface area contributed by atoms with Gasteiger partial charge in [-0.2, -0.15) is 0 Å². The molecule has 0 aliphatic carbocycles. The fourth-order valence-corrected chi connectivity index (χ4v) is 1.68. The molecule has 5 nitrogen and oxygen atoms in total. The van der Waals surface area contributed by atoms with E-state index in [-0.39, 0.29) is 5.69 Å². The summed E-state index contributed by atoms with van der Waals surface area (Å²) in [5.74, 6) is 1.59. The van der Waals surface area contributed by atoms with Crippen molar-refractivity contribution >= 4 is 5.69 Å².